The molecule has 2 aromatic carbocycles. The Bertz CT molecular complexity index is 864. The number of rotatable bonds is 9. The molecule has 2 rings (SSSR count). The molecule has 28 heavy (non-hydrogen) atoms. The molecule has 6 nitrogen and oxygen atoms in total. The molecule has 0 radical (unpaired) electrons. The number of methoxy groups -OCH3 is 2. The first-order valence-electron chi connectivity index (χ1n) is 8.40. The van der Waals surface area contributed by atoms with Crippen molar-refractivity contribution in [2.24, 2.45) is 0 Å². The average molecular weight is 494 g/mol. The molecule has 0 spiro atoms. The van der Waals surface area contributed by atoms with Crippen LogP contribution >= 0.6 is 28.3 Å². The van der Waals surface area contributed by atoms with Crippen LogP contribution in [-0.4, -0.2) is 59.0 Å². The molecular weight excluding hydrogens is 468 g/mol. The Morgan fingerprint density at radius 1 is 0.964 bits per heavy atom. The zero-order valence-corrected chi connectivity index (χ0v) is 19.6. The summed E-state index contributed by atoms with van der Waals surface area (Å²) < 4.78 is 39.3. The van der Waals surface area contributed by atoms with Crippen molar-refractivity contribution in [1.29, 1.82) is 0 Å². The zero-order valence-electron chi connectivity index (χ0n) is 16.4. The van der Waals surface area contributed by atoms with Gasteiger partial charge in [-0.05, 0) is 41.7 Å². The van der Waals surface area contributed by atoms with Crippen LogP contribution in [-0.2, 0) is 16.6 Å². The summed E-state index contributed by atoms with van der Waals surface area (Å²) in [4.78, 5) is 2.10. The summed E-state index contributed by atoms with van der Waals surface area (Å²) >= 11 is 3.37. The molecule has 9 heteroatoms. The van der Waals surface area contributed by atoms with E-state index in [2.05, 4.69) is 15.9 Å². The number of ether oxygens (including phenoxy) is 2. The quantitative estimate of drug-likeness (QED) is 0.534. The Morgan fingerprint density at radius 3 is 2.07 bits per heavy atom. The van der Waals surface area contributed by atoms with E-state index in [0.717, 1.165) is 5.56 Å². The van der Waals surface area contributed by atoms with Gasteiger partial charge in [0.1, 0.15) is 4.90 Å². The van der Waals surface area contributed by atoms with E-state index in [1.165, 1.54) is 24.6 Å². The normalized spacial score (nSPS) is 11.4. The van der Waals surface area contributed by atoms with Crippen LogP contribution in [0.5, 0.6) is 11.5 Å². The topological polar surface area (TPSA) is 59.1 Å². The molecule has 0 bridgehead atoms. The Morgan fingerprint density at radius 2 is 1.54 bits per heavy atom. The minimum absolute atomic E-state index is 0. The number of halogens is 2. The second kappa shape index (κ2) is 11.0. The van der Waals surface area contributed by atoms with E-state index in [9.17, 15) is 8.42 Å². The van der Waals surface area contributed by atoms with Gasteiger partial charge >= 0.3 is 0 Å². The van der Waals surface area contributed by atoms with E-state index in [0.29, 0.717) is 29.1 Å². The van der Waals surface area contributed by atoms with Gasteiger partial charge in [0.15, 0.2) is 11.5 Å². The summed E-state index contributed by atoms with van der Waals surface area (Å²) in [6, 6.07) is 12.7. The van der Waals surface area contributed by atoms with Gasteiger partial charge in [-0.1, -0.05) is 30.3 Å². The molecule has 0 atom stereocenters. The largest absolute Gasteiger partial charge is 0.493 e. The van der Waals surface area contributed by atoms with E-state index in [1.807, 2.05) is 49.3 Å². The van der Waals surface area contributed by atoms with Crippen LogP contribution in [0.3, 0.4) is 0 Å². The lowest BCUT2D eigenvalue weighted by Gasteiger charge is -2.25. The van der Waals surface area contributed by atoms with Crippen LogP contribution in [0.1, 0.15) is 5.56 Å². The predicted octanol–water partition coefficient (Wildman–Crippen LogP) is 3.64. The molecule has 156 valence electrons. The Balaban J connectivity index is 0.00000392. The van der Waals surface area contributed by atoms with Gasteiger partial charge in [0.2, 0.25) is 10.0 Å². The van der Waals surface area contributed by atoms with E-state index < -0.39 is 10.0 Å². The van der Waals surface area contributed by atoms with Crippen molar-refractivity contribution in [2.45, 2.75) is 11.4 Å². The number of likely N-dealkylation sites (N-methyl/N-ethyl adjacent to an activating group) is 1. The molecule has 0 fully saturated rings. The number of hydrogen-bond donors (Lipinski definition) is 0. The lowest BCUT2D eigenvalue weighted by Crippen LogP contribution is -2.36. The summed E-state index contributed by atoms with van der Waals surface area (Å²) in [5.74, 6) is 0.831. The fraction of sp³-hybridized carbons (Fsp3) is 0.368. The van der Waals surface area contributed by atoms with Crippen LogP contribution in [0.4, 0.5) is 0 Å². The lowest BCUT2D eigenvalue weighted by atomic mass is 10.2. The molecular formula is C19H26BrClN2O4S. The molecule has 0 aliphatic carbocycles. The van der Waals surface area contributed by atoms with Crippen molar-refractivity contribution in [3.05, 3.63) is 52.5 Å². The van der Waals surface area contributed by atoms with Crippen LogP contribution in [0.2, 0.25) is 0 Å². The van der Waals surface area contributed by atoms with Crippen molar-refractivity contribution in [3.63, 3.8) is 0 Å². The molecule has 0 amide bonds. The molecule has 0 saturated carbocycles. The fourth-order valence-corrected chi connectivity index (χ4v) is 4.97. The van der Waals surface area contributed by atoms with Gasteiger partial charge in [-0.2, -0.15) is 4.31 Å². The third kappa shape index (κ3) is 6.09. The number of hydrogen-bond acceptors (Lipinski definition) is 5. The van der Waals surface area contributed by atoms with Crippen molar-refractivity contribution in [3.8, 4) is 11.5 Å². The third-order valence-corrected chi connectivity index (χ3v) is 6.86. The Kier molecular flexibility index (Phi) is 9.73. The standard InChI is InChI=1S/C19H25BrN2O4S.ClH/c1-21(2)10-11-22(14-15-8-6-5-7-9-15)27(23,24)19-13-18(26-4)17(25-3)12-16(19)20;/h5-9,12-13H,10-11,14H2,1-4H3;1H. The molecule has 0 heterocycles. The molecule has 0 unspecified atom stereocenters. The van der Waals surface area contributed by atoms with E-state index in [1.54, 1.807) is 6.07 Å². The monoisotopic (exact) mass is 492 g/mol. The predicted molar refractivity (Wildman–Crippen MR) is 117 cm³/mol. The highest BCUT2D eigenvalue weighted by Gasteiger charge is 2.28. The highest BCUT2D eigenvalue weighted by Crippen LogP contribution is 2.37. The third-order valence-electron chi connectivity index (χ3n) is 4.05. The summed E-state index contributed by atoms with van der Waals surface area (Å²) in [6.45, 7) is 1.26. The van der Waals surface area contributed by atoms with Gasteiger partial charge in [0, 0.05) is 30.2 Å². The Hall–Kier alpha value is -1.32. The fourth-order valence-electron chi connectivity index (χ4n) is 2.56. The maximum absolute atomic E-state index is 13.4. The minimum atomic E-state index is -3.76. The van der Waals surface area contributed by atoms with Crippen LogP contribution in [0.25, 0.3) is 0 Å². The van der Waals surface area contributed by atoms with Gasteiger partial charge in [0.05, 0.1) is 14.2 Å². The average Bonchev–Trinajstić information content (AvgIpc) is 2.65. The summed E-state index contributed by atoms with van der Waals surface area (Å²) in [5.41, 5.74) is 0.927. The van der Waals surface area contributed by atoms with Gasteiger partial charge in [-0.25, -0.2) is 8.42 Å². The van der Waals surface area contributed by atoms with Crippen LogP contribution in [0.15, 0.2) is 51.8 Å². The summed E-state index contributed by atoms with van der Waals surface area (Å²) in [7, 11) is 3.07. The van der Waals surface area contributed by atoms with Crippen molar-refractivity contribution >= 4 is 38.4 Å². The maximum atomic E-state index is 13.4. The lowest BCUT2D eigenvalue weighted by molar-refractivity contribution is 0.328. The second-order valence-electron chi connectivity index (χ2n) is 6.27. The molecule has 2 aromatic rings. The number of nitrogens with zero attached hydrogens (tertiary/aromatic N) is 2. The maximum Gasteiger partial charge on any atom is 0.244 e. The first kappa shape index (κ1) is 24.7. The molecule has 0 aromatic heterocycles. The van der Waals surface area contributed by atoms with Gasteiger partial charge in [-0.3, -0.25) is 0 Å². The minimum Gasteiger partial charge on any atom is -0.493 e. The highest BCUT2D eigenvalue weighted by atomic mass is 79.9. The van der Waals surface area contributed by atoms with Gasteiger partial charge in [0.25, 0.3) is 0 Å². The van der Waals surface area contributed by atoms with Crippen LogP contribution < -0.4 is 9.47 Å². The summed E-state index contributed by atoms with van der Waals surface area (Å²) in [5, 5.41) is 0. The SMILES string of the molecule is COc1cc(Br)c(S(=O)(=O)N(CCN(C)C)Cc2ccccc2)cc1OC.Cl. The van der Waals surface area contributed by atoms with Crippen LogP contribution in [0, 0.1) is 0 Å². The van der Waals surface area contributed by atoms with Gasteiger partial charge in [-0.15, -0.1) is 12.4 Å². The highest BCUT2D eigenvalue weighted by molar-refractivity contribution is 9.10. The molecule has 0 saturated heterocycles. The van der Waals surface area contributed by atoms with Gasteiger partial charge < -0.3 is 14.4 Å². The van der Waals surface area contributed by atoms with Crippen molar-refractivity contribution < 1.29 is 17.9 Å². The van der Waals surface area contributed by atoms with E-state index in [4.69, 9.17) is 9.47 Å². The molecule has 0 aliphatic heterocycles. The zero-order chi connectivity index (χ0) is 20.0. The molecule has 0 aliphatic rings. The van der Waals surface area contributed by atoms with E-state index in [-0.39, 0.29) is 23.8 Å². The van der Waals surface area contributed by atoms with Crippen molar-refractivity contribution in [2.75, 3.05) is 41.4 Å². The first-order valence-corrected chi connectivity index (χ1v) is 10.6. The number of benzene rings is 2. The second-order valence-corrected chi connectivity index (χ2v) is 9.03. The first-order chi connectivity index (χ1) is 12.8. The summed E-state index contributed by atoms with van der Waals surface area (Å²) in [6.07, 6.45) is 0. The van der Waals surface area contributed by atoms with E-state index >= 15 is 0 Å². The smallest absolute Gasteiger partial charge is 0.244 e. The Labute approximate surface area is 182 Å². The molecule has 0 N–H and O–H groups in total. The number of sulfonamides is 1. The van der Waals surface area contributed by atoms with Crippen molar-refractivity contribution in [1.82, 2.24) is 9.21 Å².